The van der Waals surface area contributed by atoms with Crippen molar-refractivity contribution in [1.29, 1.82) is 0 Å². The van der Waals surface area contributed by atoms with E-state index in [4.69, 9.17) is 4.74 Å². The first-order chi connectivity index (χ1) is 16.2. The molecule has 8 atom stereocenters. The van der Waals surface area contributed by atoms with Gasteiger partial charge < -0.3 is 9.84 Å². The molecule has 0 aromatic carbocycles. The maximum absolute atomic E-state index is 13.6. The van der Waals surface area contributed by atoms with Gasteiger partial charge in [0.05, 0.1) is 25.1 Å². The number of aliphatic hydroxyl groups excluding tert-OH is 1. The number of carbonyl (C=O) groups excluding carboxylic acids is 2. The Balaban J connectivity index is 1.41. The summed E-state index contributed by atoms with van der Waals surface area (Å²) < 4.78 is 7.01. The maximum Gasteiger partial charge on any atom is 0.341 e. The van der Waals surface area contributed by atoms with Gasteiger partial charge in [0.2, 0.25) is 0 Å². The van der Waals surface area contributed by atoms with Gasteiger partial charge in [0.15, 0.2) is 0 Å². The molecule has 4 aliphatic carbocycles. The van der Waals surface area contributed by atoms with Crippen LogP contribution in [0.1, 0.15) is 81.8 Å². The standard InChI is InChI=1S/C28H38N2O4/c1-16(31)28-13-24-21(25(33)34-4)14-29-30(24)15-18(28)12-23-20-6-5-17-11-19(32)7-9-26(17,2)22(20)8-10-27(23,28)3/h5,14,18-20,22-23,32H,6-13,15H2,1-4H3/t18-,19-,20+,22-,23-,26-,27-,28-/m0/s1. The lowest BCUT2D eigenvalue weighted by Crippen LogP contribution is -2.57. The lowest BCUT2D eigenvalue weighted by Gasteiger charge is -2.60. The second-order valence-corrected chi connectivity index (χ2v) is 12.4. The van der Waals surface area contributed by atoms with E-state index in [0.717, 1.165) is 50.6 Å². The Morgan fingerprint density at radius 2 is 2.00 bits per heavy atom. The van der Waals surface area contributed by atoms with Crippen LogP contribution in [-0.2, 0) is 22.5 Å². The van der Waals surface area contributed by atoms with Crippen LogP contribution in [0.3, 0.4) is 0 Å². The molecular weight excluding hydrogens is 428 g/mol. The topological polar surface area (TPSA) is 81.4 Å². The molecule has 0 amide bonds. The number of aromatic nitrogens is 2. The number of fused-ring (bicyclic) bond motifs is 8. The van der Waals surface area contributed by atoms with Crippen molar-refractivity contribution in [3.05, 3.63) is 29.1 Å². The monoisotopic (exact) mass is 466 g/mol. The largest absolute Gasteiger partial charge is 0.465 e. The Labute approximate surface area is 202 Å². The van der Waals surface area contributed by atoms with Crippen LogP contribution in [0.2, 0.25) is 0 Å². The highest BCUT2D eigenvalue weighted by atomic mass is 16.5. The quantitative estimate of drug-likeness (QED) is 0.518. The molecule has 1 aliphatic heterocycles. The summed E-state index contributed by atoms with van der Waals surface area (Å²) >= 11 is 0. The Hall–Kier alpha value is -1.95. The molecular formula is C28H38N2O4. The molecule has 1 N–H and O–H groups in total. The number of Topliss-reactive ketones (excluding diaryl/α,β-unsaturated/α-hetero) is 1. The van der Waals surface area contributed by atoms with Gasteiger partial charge in [-0.05, 0) is 86.4 Å². The minimum absolute atomic E-state index is 0.0799. The van der Waals surface area contributed by atoms with E-state index in [9.17, 15) is 14.7 Å². The average molecular weight is 467 g/mol. The molecule has 3 fully saturated rings. The van der Waals surface area contributed by atoms with Crippen LogP contribution in [0, 0.1) is 39.9 Å². The van der Waals surface area contributed by atoms with Crippen molar-refractivity contribution in [1.82, 2.24) is 9.78 Å². The van der Waals surface area contributed by atoms with Crippen LogP contribution in [0.15, 0.2) is 17.8 Å². The molecule has 5 aliphatic rings. The molecule has 1 aromatic heterocycles. The van der Waals surface area contributed by atoms with Gasteiger partial charge in [-0.2, -0.15) is 5.10 Å². The molecule has 34 heavy (non-hydrogen) atoms. The number of methoxy groups -OCH3 is 1. The molecule has 6 rings (SSSR count). The van der Waals surface area contributed by atoms with Crippen LogP contribution < -0.4 is 0 Å². The maximum atomic E-state index is 13.6. The number of ether oxygens (including phenoxy) is 1. The molecule has 0 radical (unpaired) electrons. The summed E-state index contributed by atoms with van der Waals surface area (Å²) in [5.74, 6) is 1.88. The first-order valence-corrected chi connectivity index (χ1v) is 13.2. The fourth-order valence-corrected chi connectivity index (χ4v) is 9.82. The van der Waals surface area contributed by atoms with Crippen molar-refractivity contribution >= 4 is 11.8 Å². The van der Waals surface area contributed by atoms with Gasteiger partial charge in [-0.25, -0.2) is 4.79 Å². The molecule has 1 aromatic rings. The van der Waals surface area contributed by atoms with E-state index < -0.39 is 5.41 Å². The van der Waals surface area contributed by atoms with Crippen LogP contribution in [0.25, 0.3) is 0 Å². The summed E-state index contributed by atoms with van der Waals surface area (Å²) in [5, 5.41) is 14.9. The Morgan fingerprint density at radius 1 is 1.21 bits per heavy atom. The zero-order chi connectivity index (χ0) is 24.0. The molecule has 0 bridgehead atoms. The number of rotatable bonds is 2. The van der Waals surface area contributed by atoms with Crippen molar-refractivity contribution in [3.8, 4) is 0 Å². The van der Waals surface area contributed by atoms with E-state index >= 15 is 0 Å². The molecule has 0 unspecified atom stereocenters. The van der Waals surface area contributed by atoms with E-state index in [1.54, 1.807) is 13.1 Å². The first-order valence-electron chi connectivity index (χ1n) is 13.2. The lowest BCUT2D eigenvalue weighted by molar-refractivity contribution is -0.146. The number of allylic oxidation sites excluding steroid dienone is 1. The van der Waals surface area contributed by atoms with E-state index in [-0.39, 0.29) is 34.6 Å². The third-order valence-electron chi connectivity index (χ3n) is 11.5. The second-order valence-electron chi connectivity index (χ2n) is 12.4. The summed E-state index contributed by atoms with van der Waals surface area (Å²) in [7, 11) is 1.41. The highest BCUT2D eigenvalue weighted by Crippen LogP contribution is 2.72. The molecule has 3 saturated carbocycles. The van der Waals surface area contributed by atoms with Gasteiger partial charge in [-0.15, -0.1) is 0 Å². The van der Waals surface area contributed by atoms with Gasteiger partial charge in [0, 0.05) is 18.4 Å². The number of hydrogen-bond donors (Lipinski definition) is 1. The smallest absolute Gasteiger partial charge is 0.341 e. The zero-order valence-electron chi connectivity index (χ0n) is 21.0. The zero-order valence-corrected chi connectivity index (χ0v) is 21.0. The molecule has 2 heterocycles. The Morgan fingerprint density at radius 3 is 2.74 bits per heavy atom. The van der Waals surface area contributed by atoms with E-state index in [1.165, 1.54) is 12.7 Å². The van der Waals surface area contributed by atoms with Gasteiger partial charge in [0.25, 0.3) is 0 Å². The SMILES string of the molecule is COC(=O)c1cnn2c1C[C@]1(C(C)=O)[C@@H](C[C@H]3[C@@H]4CC=C5C[C@@H](O)CC[C@]5(C)[C@H]4CC[C@@]31C)C2. The van der Waals surface area contributed by atoms with Crippen LogP contribution in [-0.4, -0.2) is 39.9 Å². The third kappa shape index (κ3) is 2.64. The van der Waals surface area contributed by atoms with Crippen molar-refractivity contribution in [2.75, 3.05) is 7.11 Å². The molecule has 184 valence electrons. The van der Waals surface area contributed by atoms with E-state index in [2.05, 4.69) is 25.0 Å². The summed E-state index contributed by atoms with van der Waals surface area (Å²) in [4.78, 5) is 26.1. The number of hydrogen-bond acceptors (Lipinski definition) is 5. The first kappa shape index (κ1) is 22.5. The number of nitrogens with zero attached hydrogens (tertiary/aromatic N) is 2. The van der Waals surface area contributed by atoms with Crippen molar-refractivity contribution in [2.24, 2.45) is 39.9 Å². The number of ketones is 1. The highest BCUT2D eigenvalue weighted by Gasteiger charge is 2.70. The fraction of sp³-hybridized carbons (Fsp3) is 0.750. The van der Waals surface area contributed by atoms with Crippen LogP contribution >= 0.6 is 0 Å². The molecule has 0 saturated heterocycles. The number of carbonyl (C=O) groups is 2. The van der Waals surface area contributed by atoms with Crippen molar-refractivity contribution < 1.29 is 19.4 Å². The normalized spacial score (nSPS) is 44.6. The highest BCUT2D eigenvalue weighted by molar-refractivity contribution is 5.91. The van der Waals surface area contributed by atoms with Crippen LogP contribution in [0.4, 0.5) is 0 Å². The van der Waals surface area contributed by atoms with E-state index in [0.29, 0.717) is 36.3 Å². The molecule has 6 heteroatoms. The van der Waals surface area contributed by atoms with Crippen molar-refractivity contribution in [2.45, 2.75) is 84.8 Å². The Kier molecular flexibility index (Phi) is 4.82. The predicted molar refractivity (Wildman–Crippen MR) is 127 cm³/mol. The van der Waals surface area contributed by atoms with Gasteiger partial charge >= 0.3 is 5.97 Å². The van der Waals surface area contributed by atoms with Crippen LogP contribution in [0.5, 0.6) is 0 Å². The van der Waals surface area contributed by atoms with Crippen molar-refractivity contribution in [3.63, 3.8) is 0 Å². The van der Waals surface area contributed by atoms with Gasteiger partial charge in [-0.3, -0.25) is 9.48 Å². The number of aliphatic hydroxyl groups is 1. The molecule has 0 spiro atoms. The minimum atomic E-state index is -0.449. The third-order valence-corrected chi connectivity index (χ3v) is 11.5. The summed E-state index contributed by atoms with van der Waals surface area (Å²) in [5.41, 5.74) is 2.53. The predicted octanol–water partition coefficient (Wildman–Crippen LogP) is 4.35. The van der Waals surface area contributed by atoms with E-state index in [1.807, 2.05) is 4.68 Å². The summed E-state index contributed by atoms with van der Waals surface area (Å²) in [6.07, 6.45) is 11.6. The molecule has 6 nitrogen and oxygen atoms in total. The minimum Gasteiger partial charge on any atom is -0.465 e. The second kappa shape index (κ2) is 7.28. The van der Waals surface area contributed by atoms with Gasteiger partial charge in [-0.1, -0.05) is 25.5 Å². The fourth-order valence-electron chi connectivity index (χ4n) is 9.82. The summed E-state index contributed by atoms with van der Waals surface area (Å²) in [6.45, 7) is 7.34. The van der Waals surface area contributed by atoms with Gasteiger partial charge in [0.1, 0.15) is 11.3 Å². The lowest BCUT2D eigenvalue weighted by atomic mass is 9.44. The number of esters is 1. The average Bonchev–Trinajstić information content (AvgIpc) is 3.33. The summed E-state index contributed by atoms with van der Waals surface area (Å²) in [6, 6.07) is 0. The Bertz CT molecular complexity index is 1090.